The molecule has 0 saturated heterocycles. The fourth-order valence-corrected chi connectivity index (χ4v) is 8.10. The Kier molecular flexibility index (Phi) is 13.0. The largest absolute Gasteiger partial charge is 0.496 e. The van der Waals surface area contributed by atoms with E-state index in [1.165, 1.54) is 58.2 Å². The summed E-state index contributed by atoms with van der Waals surface area (Å²) < 4.78 is 40.0. The highest BCUT2D eigenvalue weighted by molar-refractivity contribution is 7.90. The number of nitrogens with zero attached hydrogens (tertiary/aromatic N) is 2. The van der Waals surface area contributed by atoms with Gasteiger partial charge in [0.25, 0.3) is 5.78 Å². The van der Waals surface area contributed by atoms with Gasteiger partial charge in [-0.05, 0) is 110 Å². The number of Topliss-reactive ketones (excluding diaryl/α,β-unsaturated/α-hetero) is 1. The molecule has 0 spiro atoms. The van der Waals surface area contributed by atoms with Gasteiger partial charge in [0.1, 0.15) is 17.2 Å². The molecule has 0 amide bonds. The Labute approximate surface area is 303 Å². The molecule has 9 heteroatoms. The molecule has 0 bridgehead atoms. The number of rotatable bonds is 8. The molecule has 0 saturated carbocycles. The summed E-state index contributed by atoms with van der Waals surface area (Å²) in [4.78, 5) is 14.7. The Morgan fingerprint density at radius 3 is 1.41 bits per heavy atom. The second-order valence-corrected chi connectivity index (χ2v) is 15.0. The van der Waals surface area contributed by atoms with Gasteiger partial charge in [-0.15, -0.1) is 0 Å². The van der Waals surface area contributed by atoms with Crippen LogP contribution in [0.5, 0.6) is 17.2 Å². The van der Waals surface area contributed by atoms with E-state index in [1.54, 1.807) is 21.3 Å². The van der Waals surface area contributed by atoms with E-state index in [0.29, 0.717) is 5.56 Å². The first-order chi connectivity index (χ1) is 23.6. The molecule has 1 aliphatic rings. The fourth-order valence-electron chi connectivity index (χ4n) is 7.19. The van der Waals surface area contributed by atoms with Gasteiger partial charge in [0, 0.05) is 29.4 Å². The zero-order chi connectivity index (χ0) is 37.1. The number of ether oxygens (including phenoxy) is 3. The molecule has 0 radical (unpaired) electrons. The van der Waals surface area contributed by atoms with Gasteiger partial charge in [0.15, 0.2) is 9.84 Å². The summed E-state index contributed by atoms with van der Waals surface area (Å²) in [5.74, 6) is 2.84. The summed E-state index contributed by atoms with van der Waals surface area (Å²) >= 11 is 0. The van der Waals surface area contributed by atoms with Gasteiger partial charge < -0.3 is 19.7 Å². The van der Waals surface area contributed by atoms with Gasteiger partial charge in [-0.1, -0.05) is 62.9 Å². The lowest BCUT2D eigenvalue weighted by Gasteiger charge is -2.29. The number of sulfone groups is 1. The smallest absolute Gasteiger partial charge is 0.362 e. The molecule has 0 aliphatic heterocycles. The fraction of sp³-hybridized carbons (Fsp3) is 0.333. The molecule has 270 valence electrons. The number of ketones is 1. The molecule has 0 aromatic heterocycles. The number of aryl methyl sites for hydroxylation is 6. The van der Waals surface area contributed by atoms with Gasteiger partial charge in [0.05, 0.1) is 26.2 Å². The zero-order valence-electron chi connectivity index (χ0n) is 30.8. The van der Waals surface area contributed by atoms with Crippen LogP contribution in [0.15, 0.2) is 65.6 Å². The SMILES string of the molecule is C.COc1c(C)cc(C(C)C(c2cc(C)c(OC)c(C)c2)c2cc(C)c(OC)c(C)c2)cc1C.CS(=O)(=O)c1cccc2c1C=CC(=[N+]=[N-])C2=O. The molecule has 8 nitrogen and oxygen atoms in total. The Hall–Kier alpha value is -4.98. The standard InChI is InChI=1S/C30H38O3.C11H8N2O3S.CH4/c1-17-11-24(12-18(2)28(17)31-8)23(7)27(25-13-19(3)29(32-9)20(4)14-25)26-15-21(5)30(33-10)22(6)16-26;1-17(15,16)10-4-2-3-8-7(10)5-6-9(13-12)11(8)14;/h11-16,23,27H,1-10H3;2-6H,1H3;1H4. The summed E-state index contributed by atoms with van der Waals surface area (Å²) in [6.07, 6.45) is 3.83. The van der Waals surface area contributed by atoms with Crippen molar-refractivity contribution in [2.24, 2.45) is 0 Å². The summed E-state index contributed by atoms with van der Waals surface area (Å²) in [5.41, 5.74) is 20.0. The van der Waals surface area contributed by atoms with Crippen LogP contribution in [-0.2, 0) is 9.84 Å². The van der Waals surface area contributed by atoms with Crippen LogP contribution in [0.4, 0.5) is 0 Å². The molecule has 4 aromatic carbocycles. The lowest BCUT2D eigenvalue weighted by molar-refractivity contribution is -0.00436. The number of fused-ring (bicyclic) bond motifs is 1. The van der Waals surface area contributed by atoms with E-state index in [1.807, 2.05) is 0 Å². The Bertz CT molecular complexity index is 2030. The van der Waals surface area contributed by atoms with Crippen molar-refractivity contribution in [3.05, 3.63) is 127 Å². The van der Waals surface area contributed by atoms with E-state index < -0.39 is 15.6 Å². The highest BCUT2D eigenvalue weighted by Gasteiger charge is 2.29. The van der Waals surface area contributed by atoms with Crippen molar-refractivity contribution in [2.75, 3.05) is 27.6 Å². The summed E-state index contributed by atoms with van der Waals surface area (Å²) in [6.45, 7) is 15.1. The minimum absolute atomic E-state index is 0. The summed E-state index contributed by atoms with van der Waals surface area (Å²) in [7, 11) is 1.83. The van der Waals surface area contributed by atoms with Crippen molar-refractivity contribution in [2.45, 2.75) is 72.6 Å². The summed E-state index contributed by atoms with van der Waals surface area (Å²) in [6, 6.07) is 18.1. The van der Waals surface area contributed by atoms with Crippen molar-refractivity contribution < 1.29 is 32.2 Å². The Balaban J connectivity index is 0.000000328. The van der Waals surface area contributed by atoms with Gasteiger partial charge >= 0.3 is 5.71 Å². The number of carbonyl (C=O) groups excluding carboxylic acids is 1. The quantitative estimate of drug-likeness (QED) is 0.133. The third-order valence-corrected chi connectivity index (χ3v) is 10.4. The van der Waals surface area contributed by atoms with Crippen molar-refractivity contribution in [3.8, 4) is 17.2 Å². The topological polar surface area (TPSA) is 115 Å². The first-order valence-corrected chi connectivity index (χ1v) is 18.2. The van der Waals surface area contributed by atoms with E-state index in [0.717, 1.165) is 45.8 Å². The van der Waals surface area contributed by atoms with Crippen molar-refractivity contribution >= 4 is 27.4 Å². The maximum Gasteiger partial charge on any atom is 0.362 e. The lowest BCUT2D eigenvalue weighted by Crippen LogP contribution is -2.19. The monoisotopic (exact) mass is 710 g/mol. The van der Waals surface area contributed by atoms with Crippen LogP contribution in [0.1, 0.15) is 92.2 Å². The predicted molar refractivity (Wildman–Crippen MR) is 206 cm³/mol. The molecule has 1 atom stereocenters. The van der Waals surface area contributed by atoms with Crippen LogP contribution in [0, 0.1) is 41.5 Å². The molecule has 4 aromatic rings. The maximum atomic E-state index is 11.8. The molecule has 0 N–H and O–H groups in total. The van der Waals surface area contributed by atoms with Crippen LogP contribution in [0.25, 0.3) is 11.6 Å². The second-order valence-electron chi connectivity index (χ2n) is 13.0. The molecular formula is C42H50N2O6S. The number of allylic oxidation sites excluding steroid dienone is 1. The van der Waals surface area contributed by atoms with Crippen LogP contribution in [-0.4, -0.2) is 52.3 Å². The first kappa shape index (κ1) is 40.4. The number of carbonyl (C=O) groups is 1. The average molecular weight is 711 g/mol. The van der Waals surface area contributed by atoms with E-state index in [9.17, 15) is 13.2 Å². The van der Waals surface area contributed by atoms with Gasteiger partial charge in [0.2, 0.25) is 0 Å². The van der Waals surface area contributed by atoms with Gasteiger partial charge in [-0.25, -0.2) is 8.42 Å². The first-order valence-electron chi connectivity index (χ1n) is 16.3. The van der Waals surface area contributed by atoms with Crippen LogP contribution >= 0.6 is 0 Å². The summed E-state index contributed by atoms with van der Waals surface area (Å²) in [5, 5.41) is 0. The highest BCUT2D eigenvalue weighted by atomic mass is 32.2. The van der Waals surface area contributed by atoms with E-state index >= 15 is 0 Å². The Morgan fingerprint density at radius 2 is 1.06 bits per heavy atom. The Morgan fingerprint density at radius 1 is 0.667 bits per heavy atom. The van der Waals surface area contributed by atoms with E-state index in [2.05, 4.69) is 89.7 Å². The number of hydrogen-bond donors (Lipinski definition) is 0. The molecule has 0 heterocycles. The molecule has 0 fully saturated rings. The second kappa shape index (κ2) is 16.4. The van der Waals surface area contributed by atoms with E-state index in [-0.39, 0.29) is 35.4 Å². The lowest BCUT2D eigenvalue weighted by atomic mass is 9.76. The van der Waals surface area contributed by atoms with Gasteiger partial charge in [-0.2, -0.15) is 4.79 Å². The third-order valence-electron chi connectivity index (χ3n) is 9.26. The number of hydrogen-bond acceptors (Lipinski definition) is 6. The number of benzene rings is 4. The van der Waals surface area contributed by atoms with Crippen LogP contribution < -0.4 is 14.2 Å². The molecular weight excluding hydrogens is 661 g/mol. The highest BCUT2D eigenvalue weighted by Crippen LogP contribution is 2.43. The normalized spacial score (nSPS) is 12.6. The van der Waals surface area contributed by atoms with Crippen molar-refractivity contribution in [3.63, 3.8) is 0 Å². The average Bonchev–Trinajstić information content (AvgIpc) is 3.04. The maximum absolute atomic E-state index is 11.8. The van der Waals surface area contributed by atoms with Crippen LogP contribution in [0.2, 0.25) is 0 Å². The molecule has 51 heavy (non-hydrogen) atoms. The number of methoxy groups -OCH3 is 3. The van der Waals surface area contributed by atoms with Crippen molar-refractivity contribution in [1.82, 2.24) is 0 Å². The van der Waals surface area contributed by atoms with Crippen LogP contribution in [0.3, 0.4) is 0 Å². The van der Waals surface area contributed by atoms with E-state index in [4.69, 9.17) is 19.7 Å². The van der Waals surface area contributed by atoms with Crippen molar-refractivity contribution in [1.29, 1.82) is 0 Å². The third kappa shape index (κ3) is 8.33. The minimum Gasteiger partial charge on any atom is -0.496 e. The molecule has 1 unspecified atom stereocenters. The predicted octanol–water partition coefficient (Wildman–Crippen LogP) is 9.11. The zero-order valence-corrected chi connectivity index (χ0v) is 31.6. The minimum atomic E-state index is -3.40. The van der Waals surface area contributed by atoms with Gasteiger partial charge in [-0.3, -0.25) is 4.79 Å². The molecule has 1 aliphatic carbocycles. The molecule has 5 rings (SSSR count).